The molecule has 6 nitrogen and oxygen atoms in total. The predicted octanol–water partition coefficient (Wildman–Crippen LogP) is 3.92. The van der Waals surface area contributed by atoms with E-state index in [1.807, 2.05) is 68.4 Å². The van der Waals surface area contributed by atoms with E-state index in [1.54, 1.807) is 27.5 Å². The second kappa shape index (κ2) is 9.42. The van der Waals surface area contributed by atoms with Gasteiger partial charge >= 0.3 is 14.6 Å². The van der Waals surface area contributed by atoms with Crippen molar-refractivity contribution in [2.24, 2.45) is 0 Å². The molecule has 1 aliphatic rings. The Kier molecular flexibility index (Phi) is 6.95. The molecule has 1 aliphatic heterocycles. The second-order valence-electron chi connectivity index (χ2n) is 11.4. The highest BCUT2D eigenvalue weighted by molar-refractivity contribution is 6.62. The quantitative estimate of drug-likeness (QED) is 0.512. The van der Waals surface area contributed by atoms with Gasteiger partial charge in [-0.3, -0.25) is 0 Å². The summed E-state index contributed by atoms with van der Waals surface area (Å²) in [6.45, 7) is 15.4. The van der Waals surface area contributed by atoms with Gasteiger partial charge in [0.15, 0.2) is 5.82 Å². The van der Waals surface area contributed by atoms with Crippen LogP contribution in [0, 0.1) is 0 Å². The van der Waals surface area contributed by atoms with E-state index in [9.17, 15) is 5.11 Å². The molecule has 0 amide bonds. The minimum absolute atomic E-state index is 0.372. The summed E-state index contributed by atoms with van der Waals surface area (Å²) >= 11 is 0. The van der Waals surface area contributed by atoms with E-state index in [0.29, 0.717) is 5.82 Å². The molecule has 0 bridgehead atoms. The normalized spacial score (nSPS) is 17.3. The van der Waals surface area contributed by atoms with E-state index in [0.717, 1.165) is 27.7 Å². The van der Waals surface area contributed by atoms with E-state index >= 15 is 0 Å². The average Bonchev–Trinajstić information content (AvgIpc) is 3.04. The van der Waals surface area contributed by atoms with Crippen molar-refractivity contribution in [2.75, 3.05) is 0 Å². The highest BCUT2D eigenvalue weighted by Gasteiger charge is 2.51. The van der Waals surface area contributed by atoms with Crippen molar-refractivity contribution >= 4 is 25.5 Å². The molecular weight excluding hydrogens is 450 g/mol. The minimum Gasteiger partial charge on any atom is -0.427 e. The molecule has 1 fully saturated rings. The van der Waals surface area contributed by atoms with Crippen LogP contribution in [0.5, 0.6) is 0 Å². The largest absolute Gasteiger partial charge is 0.494 e. The van der Waals surface area contributed by atoms with Gasteiger partial charge in [-0.2, -0.15) is 0 Å². The molecule has 0 spiro atoms. The molecule has 2 aromatic carbocycles. The summed E-state index contributed by atoms with van der Waals surface area (Å²) in [5, 5.41) is 10.3. The standard InChI is InChI=1S/C28H35B2N2O4/c1-25(2,33)26(3,4)34-29-21-13-9-20(10-14-21)24-31-18-17-23(32-24)19-11-15-22(16-12-19)30-35-27(5,6)28(7,8)36-30/h9-18,33H,1-8H3. The Hall–Kier alpha value is -2.51. The number of aromatic nitrogens is 2. The fraction of sp³-hybridized carbons (Fsp3) is 0.429. The lowest BCUT2D eigenvalue weighted by Gasteiger charge is -2.37. The number of hydrogen-bond donors (Lipinski definition) is 1. The third-order valence-corrected chi connectivity index (χ3v) is 7.52. The summed E-state index contributed by atoms with van der Waals surface area (Å²) in [4.78, 5) is 9.25. The molecule has 0 unspecified atom stereocenters. The van der Waals surface area contributed by atoms with Gasteiger partial charge in [0.05, 0.1) is 28.1 Å². The molecular formula is C28H35B2N2O4. The zero-order valence-electron chi connectivity index (χ0n) is 22.5. The number of hydrogen-bond acceptors (Lipinski definition) is 6. The third kappa shape index (κ3) is 5.42. The SMILES string of the molecule is CC(C)(O)C(C)(C)O[B]c1ccc(-c2nccc(-c3ccc(B4OC(C)(C)C(C)(C)O4)cc3)n2)cc1. The van der Waals surface area contributed by atoms with Crippen molar-refractivity contribution in [3.63, 3.8) is 0 Å². The van der Waals surface area contributed by atoms with Crippen molar-refractivity contribution < 1.29 is 19.1 Å². The fourth-order valence-corrected chi connectivity index (χ4v) is 3.52. The summed E-state index contributed by atoms with van der Waals surface area (Å²) in [6, 6.07) is 17.9. The summed E-state index contributed by atoms with van der Waals surface area (Å²) in [6.07, 6.45) is 1.77. The average molecular weight is 485 g/mol. The number of rotatable bonds is 7. The Morgan fingerprint density at radius 3 is 1.94 bits per heavy atom. The Balaban J connectivity index is 1.46. The Morgan fingerprint density at radius 2 is 1.39 bits per heavy atom. The van der Waals surface area contributed by atoms with E-state index in [-0.39, 0.29) is 11.2 Å². The Bertz CT molecular complexity index is 1190. The molecule has 0 saturated carbocycles. The van der Waals surface area contributed by atoms with Gasteiger partial charge < -0.3 is 19.1 Å². The van der Waals surface area contributed by atoms with Gasteiger partial charge in [-0.05, 0) is 66.9 Å². The van der Waals surface area contributed by atoms with Gasteiger partial charge in [0.1, 0.15) is 0 Å². The molecule has 36 heavy (non-hydrogen) atoms. The van der Waals surface area contributed by atoms with Crippen molar-refractivity contribution in [1.29, 1.82) is 0 Å². The first-order valence-electron chi connectivity index (χ1n) is 12.3. The molecule has 187 valence electrons. The van der Waals surface area contributed by atoms with Crippen LogP contribution in [0.15, 0.2) is 60.8 Å². The second-order valence-corrected chi connectivity index (χ2v) is 11.4. The molecule has 1 radical (unpaired) electrons. The number of nitrogens with zero attached hydrogens (tertiary/aromatic N) is 2. The van der Waals surface area contributed by atoms with Crippen molar-refractivity contribution in [1.82, 2.24) is 9.97 Å². The highest BCUT2D eigenvalue weighted by atomic mass is 16.7. The predicted molar refractivity (Wildman–Crippen MR) is 145 cm³/mol. The summed E-state index contributed by atoms with van der Waals surface area (Å²) in [7, 11) is 1.28. The molecule has 0 aliphatic carbocycles. The van der Waals surface area contributed by atoms with E-state index in [2.05, 4.69) is 32.7 Å². The van der Waals surface area contributed by atoms with Gasteiger partial charge in [0, 0.05) is 17.3 Å². The van der Waals surface area contributed by atoms with Gasteiger partial charge in [-0.25, -0.2) is 9.97 Å². The topological polar surface area (TPSA) is 73.7 Å². The summed E-state index contributed by atoms with van der Waals surface area (Å²) < 4.78 is 18.2. The first-order chi connectivity index (χ1) is 16.7. The van der Waals surface area contributed by atoms with Crippen LogP contribution in [0.2, 0.25) is 0 Å². The fourth-order valence-electron chi connectivity index (χ4n) is 3.52. The van der Waals surface area contributed by atoms with E-state index in [1.165, 1.54) is 0 Å². The smallest absolute Gasteiger partial charge is 0.427 e. The summed E-state index contributed by atoms with van der Waals surface area (Å²) in [5.74, 6) is 0.645. The van der Waals surface area contributed by atoms with Gasteiger partial charge in [-0.15, -0.1) is 0 Å². The summed E-state index contributed by atoms with van der Waals surface area (Å²) in [5.41, 5.74) is 2.17. The first kappa shape index (κ1) is 26.6. The zero-order valence-corrected chi connectivity index (χ0v) is 22.5. The molecule has 1 saturated heterocycles. The zero-order chi connectivity index (χ0) is 26.4. The maximum atomic E-state index is 10.3. The van der Waals surface area contributed by atoms with Crippen LogP contribution >= 0.6 is 0 Å². The van der Waals surface area contributed by atoms with Crippen LogP contribution in [0.3, 0.4) is 0 Å². The van der Waals surface area contributed by atoms with Crippen molar-refractivity contribution in [2.45, 2.75) is 77.8 Å². The lowest BCUT2D eigenvalue weighted by molar-refractivity contribution is -0.0893. The number of aliphatic hydroxyl groups is 1. The molecule has 1 N–H and O–H groups in total. The van der Waals surface area contributed by atoms with Gasteiger partial charge in [0.2, 0.25) is 0 Å². The highest BCUT2D eigenvalue weighted by Crippen LogP contribution is 2.36. The molecule has 1 aromatic heterocycles. The monoisotopic (exact) mass is 485 g/mol. The molecule has 0 atom stereocenters. The van der Waals surface area contributed by atoms with Crippen LogP contribution in [0.25, 0.3) is 22.6 Å². The maximum Gasteiger partial charge on any atom is 0.494 e. The maximum absolute atomic E-state index is 10.3. The molecule has 4 rings (SSSR count). The first-order valence-corrected chi connectivity index (χ1v) is 12.3. The van der Waals surface area contributed by atoms with E-state index < -0.39 is 18.3 Å². The lowest BCUT2D eigenvalue weighted by Crippen LogP contribution is -2.49. The van der Waals surface area contributed by atoms with Crippen LogP contribution in [-0.2, 0) is 14.0 Å². The molecule has 8 heteroatoms. The van der Waals surface area contributed by atoms with E-state index in [4.69, 9.17) is 18.9 Å². The Morgan fingerprint density at radius 1 is 0.833 bits per heavy atom. The molecule has 2 heterocycles. The van der Waals surface area contributed by atoms with Gasteiger partial charge in [0.25, 0.3) is 0 Å². The van der Waals surface area contributed by atoms with Crippen molar-refractivity contribution in [3.05, 3.63) is 60.8 Å². The van der Waals surface area contributed by atoms with Crippen LogP contribution < -0.4 is 10.9 Å². The number of benzene rings is 2. The lowest BCUT2D eigenvalue weighted by atomic mass is 9.79. The van der Waals surface area contributed by atoms with Gasteiger partial charge in [-0.1, -0.05) is 54.0 Å². The van der Waals surface area contributed by atoms with Crippen molar-refractivity contribution in [3.8, 4) is 22.6 Å². The molecule has 3 aromatic rings. The van der Waals surface area contributed by atoms with Crippen LogP contribution in [0.1, 0.15) is 55.4 Å². The van der Waals surface area contributed by atoms with Crippen LogP contribution in [-0.4, -0.2) is 52.1 Å². The van der Waals surface area contributed by atoms with Crippen LogP contribution in [0.4, 0.5) is 0 Å². The minimum atomic E-state index is -0.972. The Labute approximate surface area is 215 Å². The third-order valence-electron chi connectivity index (χ3n) is 7.52.